The third-order valence-electron chi connectivity index (χ3n) is 4.84. The van der Waals surface area contributed by atoms with Crippen LogP contribution in [0, 0.1) is 12.7 Å². The molecule has 0 bridgehead atoms. The number of hydrazine groups is 2. The Hall–Kier alpha value is -3.63. The van der Waals surface area contributed by atoms with Gasteiger partial charge < -0.3 is 15.2 Å². The van der Waals surface area contributed by atoms with Crippen molar-refractivity contribution in [3.8, 4) is 5.75 Å². The summed E-state index contributed by atoms with van der Waals surface area (Å²) in [5.41, 5.74) is 9.30. The van der Waals surface area contributed by atoms with Gasteiger partial charge in [0.15, 0.2) is 0 Å². The SMILES string of the molecule is CN=C(OC)C(C)=C(N)c1ccc(OCc2c(F)cccc2N(N)C(=O)N(C)N)c(C)c1. The molecule has 9 nitrogen and oxygen atoms in total. The molecule has 0 atom stereocenters. The average Bonchev–Trinajstić information content (AvgIpc) is 2.77. The number of amides is 2. The highest BCUT2D eigenvalue weighted by molar-refractivity contribution is 6.00. The van der Waals surface area contributed by atoms with Crippen LogP contribution < -0.4 is 27.2 Å². The fraction of sp³-hybridized carbons (Fsp3) is 0.273. The van der Waals surface area contributed by atoms with Crippen molar-refractivity contribution in [3.05, 3.63) is 64.5 Å². The number of carbonyl (C=O) groups excluding carboxylic acids is 1. The molecule has 0 saturated carbocycles. The van der Waals surface area contributed by atoms with Crippen LogP contribution in [0.1, 0.15) is 23.6 Å². The van der Waals surface area contributed by atoms with E-state index >= 15 is 0 Å². The summed E-state index contributed by atoms with van der Waals surface area (Å²) in [4.78, 5) is 16.1. The Kier molecular flexibility index (Phi) is 8.16. The lowest BCUT2D eigenvalue weighted by Gasteiger charge is -2.23. The molecule has 32 heavy (non-hydrogen) atoms. The number of ether oxygens (including phenoxy) is 2. The Balaban J connectivity index is 2.30. The molecule has 0 saturated heterocycles. The van der Waals surface area contributed by atoms with E-state index in [1.54, 1.807) is 19.2 Å². The van der Waals surface area contributed by atoms with Gasteiger partial charge in [-0.3, -0.25) is 10.0 Å². The molecular formula is C22H29FN6O3. The number of aliphatic imine (C=N–C) groups is 1. The van der Waals surface area contributed by atoms with Crippen LogP contribution in [0.15, 0.2) is 47.0 Å². The van der Waals surface area contributed by atoms with E-state index in [2.05, 4.69) is 4.99 Å². The van der Waals surface area contributed by atoms with Gasteiger partial charge in [-0.25, -0.2) is 25.9 Å². The Bertz CT molecular complexity index is 1050. The first-order chi connectivity index (χ1) is 15.1. The summed E-state index contributed by atoms with van der Waals surface area (Å²) < 4.78 is 25.6. The Morgan fingerprint density at radius 3 is 2.47 bits per heavy atom. The third-order valence-corrected chi connectivity index (χ3v) is 4.84. The second-order valence-corrected chi connectivity index (χ2v) is 7.04. The zero-order valence-corrected chi connectivity index (χ0v) is 18.8. The number of nitrogens with two attached hydrogens (primary N) is 3. The maximum absolute atomic E-state index is 14.5. The molecule has 0 unspecified atom stereocenters. The average molecular weight is 445 g/mol. The Morgan fingerprint density at radius 2 is 1.91 bits per heavy atom. The summed E-state index contributed by atoms with van der Waals surface area (Å²) in [6.45, 7) is 3.51. The van der Waals surface area contributed by atoms with Crippen molar-refractivity contribution in [1.82, 2.24) is 5.01 Å². The zero-order chi connectivity index (χ0) is 24.0. The molecule has 0 radical (unpaired) electrons. The van der Waals surface area contributed by atoms with Crippen LogP contribution in [0.2, 0.25) is 0 Å². The van der Waals surface area contributed by atoms with E-state index < -0.39 is 11.8 Å². The predicted molar refractivity (Wildman–Crippen MR) is 123 cm³/mol. The number of urea groups is 1. The maximum Gasteiger partial charge on any atom is 0.352 e. The van der Waals surface area contributed by atoms with Gasteiger partial charge in [0.2, 0.25) is 5.90 Å². The minimum atomic E-state index is -0.707. The minimum absolute atomic E-state index is 0.118. The smallest absolute Gasteiger partial charge is 0.352 e. The number of nitrogens with zero attached hydrogens (tertiary/aromatic N) is 3. The first kappa shape index (κ1) is 24.6. The minimum Gasteiger partial charge on any atom is -0.488 e. The van der Waals surface area contributed by atoms with Gasteiger partial charge >= 0.3 is 6.03 Å². The fourth-order valence-corrected chi connectivity index (χ4v) is 3.06. The van der Waals surface area contributed by atoms with E-state index in [0.29, 0.717) is 22.9 Å². The van der Waals surface area contributed by atoms with Crippen molar-refractivity contribution in [2.45, 2.75) is 20.5 Å². The van der Waals surface area contributed by atoms with Crippen molar-refractivity contribution < 1.29 is 18.7 Å². The van der Waals surface area contributed by atoms with Crippen LogP contribution in [0.4, 0.5) is 14.9 Å². The van der Waals surface area contributed by atoms with Gasteiger partial charge in [-0.15, -0.1) is 0 Å². The van der Waals surface area contributed by atoms with E-state index in [9.17, 15) is 9.18 Å². The van der Waals surface area contributed by atoms with Gasteiger partial charge in [-0.1, -0.05) is 6.07 Å². The molecule has 0 aliphatic rings. The second kappa shape index (κ2) is 10.6. The van der Waals surface area contributed by atoms with Crippen molar-refractivity contribution >= 4 is 23.3 Å². The van der Waals surface area contributed by atoms with Crippen molar-refractivity contribution in [2.75, 3.05) is 26.2 Å². The molecule has 2 rings (SSSR count). The lowest BCUT2D eigenvalue weighted by atomic mass is 10.0. The maximum atomic E-state index is 14.5. The normalized spacial score (nSPS) is 12.2. The lowest BCUT2D eigenvalue weighted by Crippen LogP contribution is -2.49. The van der Waals surface area contributed by atoms with E-state index in [-0.39, 0.29) is 17.9 Å². The summed E-state index contributed by atoms with van der Waals surface area (Å²) in [6.07, 6.45) is 0. The molecule has 172 valence electrons. The van der Waals surface area contributed by atoms with Gasteiger partial charge in [0.05, 0.1) is 18.4 Å². The van der Waals surface area contributed by atoms with Gasteiger partial charge in [-0.05, 0) is 55.3 Å². The highest BCUT2D eigenvalue weighted by atomic mass is 19.1. The Labute approximate surface area is 186 Å². The van der Waals surface area contributed by atoms with Gasteiger partial charge in [-0.2, -0.15) is 0 Å². The molecule has 0 aliphatic carbocycles. The van der Waals surface area contributed by atoms with E-state index in [1.165, 1.54) is 32.4 Å². The molecule has 0 aliphatic heterocycles. The van der Waals surface area contributed by atoms with Gasteiger partial charge in [0.25, 0.3) is 0 Å². The van der Waals surface area contributed by atoms with Crippen LogP contribution in [-0.4, -0.2) is 38.1 Å². The molecule has 6 N–H and O–H groups in total. The number of anilines is 1. The monoisotopic (exact) mass is 444 g/mol. The van der Waals surface area contributed by atoms with Crippen LogP contribution in [0.25, 0.3) is 5.70 Å². The highest BCUT2D eigenvalue weighted by Crippen LogP contribution is 2.27. The quantitative estimate of drug-likeness (QED) is 0.206. The van der Waals surface area contributed by atoms with Crippen LogP contribution in [0.5, 0.6) is 5.75 Å². The van der Waals surface area contributed by atoms with E-state index in [0.717, 1.165) is 21.1 Å². The number of methoxy groups -OCH3 is 1. The van der Waals surface area contributed by atoms with Crippen LogP contribution >= 0.6 is 0 Å². The molecular weight excluding hydrogens is 415 g/mol. The third kappa shape index (κ3) is 5.34. The molecule has 0 aromatic heterocycles. The topological polar surface area (TPSA) is 132 Å². The van der Waals surface area contributed by atoms with Crippen molar-refractivity contribution in [2.24, 2.45) is 22.4 Å². The second-order valence-electron chi connectivity index (χ2n) is 7.04. The summed E-state index contributed by atoms with van der Waals surface area (Å²) in [7, 11) is 4.49. The number of halogens is 1. The lowest BCUT2D eigenvalue weighted by molar-refractivity contribution is 0.216. The Morgan fingerprint density at radius 1 is 1.22 bits per heavy atom. The van der Waals surface area contributed by atoms with Crippen molar-refractivity contribution in [3.63, 3.8) is 0 Å². The highest BCUT2D eigenvalue weighted by Gasteiger charge is 2.20. The molecule has 0 spiro atoms. The number of rotatable bonds is 6. The summed E-state index contributed by atoms with van der Waals surface area (Å²) in [6, 6.07) is 8.88. The van der Waals surface area contributed by atoms with Crippen LogP contribution in [0.3, 0.4) is 0 Å². The summed E-state index contributed by atoms with van der Waals surface area (Å²) in [5, 5.41) is 1.57. The zero-order valence-electron chi connectivity index (χ0n) is 18.8. The van der Waals surface area contributed by atoms with E-state index in [1.807, 2.05) is 19.9 Å². The van der Waals surface area contributed by atoms with Crippen molar-refractivity contribution in [1.29, 1.82) is 0 Å². The molecule has 2 amide bonds. The van der Waals surface area contributed by atoms with Crippen LogP contribution in [-0.2, 0) is 11.3 Å². The fourth-order valence-electron chi connectivity index (χ4n) is 3.06. The molecule has 10 heteroatoms. The van der Waals surface area contributed by atoms with Gasteiger partial charge in [0.1, 0.15) is 18.2 Å². The number of hydrogen-bond acceptors (Lipinski definition) is 7. The molecule has 0 heterocycles. The summed E-state index contributed by atoms with van der Waals surface area (Å²) in [5.74, 6) is 11.7. The first-order valence-corrected chi connectivity index (χ1v) is 9.68. The first-order valence-electron chi connectivity index (χ1n) is 9.68. The standard InChI is InChI=1S/C22H29FN6O3/c1-13-11-15(20(24)14(2)21(27-3)31-5)9-10-19(13)32-12-16-17(23)7-6-8-18(16)29(26)22(30)28(4)25/h6-11H,12,24-26H2,1-5H3. The number of aryl methyl sites for hydroxylation is 1. The van der Waals surface area contributed by atoms with Gasteiger partial charge in [0, 0.05) is 25.4 Å². The number of hydrogen-bond donors (Lipinski definition) is 3. The number of carbonyl (C=O) groups is 1. The largest absolute Gasteiger partial charge is 0.488 e. The van der Waals surface area contributed by atoms with E-state index in [4.69, 9.17) is 26.9 Å². The molecule has 0 fully saturated rings. The number of benzene rings is 2. The molecule has 2 aromatic carbocycles. The molecule has 2 aromatic rings. The predicted octanol–water partition coefficient (Wildman–Crippen LogP) is 2.68. The summed E-state index contributed by atoms with van der Waals surface area (Å²) >= 11 is 0.